The predicted octanol–water partition coefficient (Wildman–Crippen LogP) is 6.09. The van der Waals surface area contributed by atoms with Crippen LogP contribution in [0.2, 0.25) is 0 Å². The Balaban J connectivity index is 1.71. The number of hydrogen-bond acceptors (Lipinski definition) is 5. The number of carbonyl (C=O) groups excluding carboxylic acids is 1. The Morgan fingerprint density at radius 1 is 1.19 bits per heavy atom. The van der Waals surface area contributed by atoms with Crippen LogP contribution in [0.3, 0.4) is 0 Å². The molecule has 0 aliphatic rings. The molecule has 32 heavy (non-hydrogen) atoms. The fraction of sp³-hybridized carbons (Fsp3) is 0.0435. The molecule has 0 unspecified atom stereocenters. The number of ether oxygens (including phenoxy) is 1. The number of nitro groups is 1. The number of rotatable bonds is 7. The first kappa shape index (κ1) is 23.4. The van der Waals surface area contributed by atoms with Crippen LogP contribution in [-0.4, -0.2) is 10.8 Å². The summed E-state index contributed by atoms with van der Waals surface area (Å²) in [7, 11) is 0. The average Bonchev–Trinajstić information content (AvgIpc) is 2.78. The van der Waals surface area contributed by atoms with Gasteiger partial charge in [-0.25, -0.2) is 0 Å². The molecule has 160 valence electrons. The smallest absolute Gasteiger partial charge is 0.271 e. The maximum absolute atomic E-state index is 12.5. The molecule has 3 rings (SSSR count). The lowest BCUT2D eigenvalue weighted by Gasteiger charge is -2.09. The van der Waals surface area contributed by atoms with Crippen LogP contribution in [0.4, 0.5) is 11.4 Å². The molecule has 0 atom stereocenters. The highest BCUT2D eigenvalue weighted by Crippen LogP contribution is 2.25. The van der Waals surface area contributed by atoms with Gasteiger partial charge in [-0.05, 0) is 70.1 Å². The van der Waals surface area contributed by atoms with E-state index in [0.29, 0.717) is 17.9 Å². The van der Waals surface area contributed by atoms with Crippen LogP contribution in [0.5, 0.6) is 5.75 Å². The summed E-state index contributed by atoms with van der Waals surface area (Å²) >= 11 is 5.53. The third-order valence-corrected chi connectivity index (χ3v) is 5.63. The molecular weight excluding hydrogens is 589 g/mol. The van der Waals surface area contributed by atoms with Crippen molar-refractivity contribution in [2.45, 2.75) is 6.61 Å². The number of hydrogen-bond donors (Lipinski definition) is 1. The number of anilines is 1. The normalized spacial score (nSPS) is 10.8. The largest absolute Gasteiger partial charge is 0.488 e. The van der Waals surface area contributed by atoms with Gasteiger partial charge in [0.15, 0.2) is 0 Å². The van der Waals surface area contributed by atoms with Crippen molar-refractivity contribution in [2.75, 3.05) is 5.32 Å². The molecule has 0 saturated carbocycles. The van der Waals surface area contributed by atoms with E-state index in [-0.39, 0.29) is 16.9 Å². The number of nitro benzene ring substituents is 1. The minimum atomic E-state index is -0.654. The lowest BCUT2D eigenvalue weighted by molar-refractivity contribution is -0.384. The molecular formula is C23H15BrIN3O4. The highest BCUT2D eigenvalue weighted by atomic mass is 127. The standard InChI is InChI=1S/C23H15BrIN3O4/c24-18-7-4-15(5-8-18)14-32-22-9-6-16(11-21(22)25)10-17(13-26)23(29)27-19-2-1-3-20(12-19)28(30)31/h1-12H,14H2,(H,27,29)/b17-10+. The fourth-order valence-electron chi connectivity index (χ4n) is 2.68. The Morgan fingerprint density at radius 2 is 1.94 bits per heavy atom. The molecule has 1 amide bonds. The van der Waals surface area contributed by atoms with E-state index in [1.54, 1.807) is 18.2 Å². The van der Waals surface area contributed by atoms with Gasteiger partial charge in [0.1, 0.15) is 24.0 Å². The molecule has 0 fully saturated rings. The zero-order valence-electron chi connectivity index (χ0n) is 16.4. The van der Waals surface area contributed by atoms with Gasteiger partial charge in [0.2, 0.25) is 0 Å². The molecule has 1 N–H and O–H groups in total. The van der Waals surface area contributed by atoms with Gasteiger partial charge in [-0.2, -0.15) is 5.26 Å². The minimum Gasteiger partial charge on any atom is -0.488 e. The quantitative estimate of drug-likeness (QED) is 0.116. The number of non-ortho nitro benzene ring substituents is 1. The second kappa shape index (κ2) is 10.9. The van der Waals surface area contributed by atoms with Gasteiger partial charge in [-0.1, -0.05) is 40.2 Å². The van der Waals surface area contributed by atoms with Gasteiger partial charge in [0.25, 0.3) is 11.6 Å². The van der Waals surface area contributed by atoms with E-state index in [9.17, 15) is 20.2 Å². The first-order chi connectivity index (χ1) is 15.4. The van der Waals surface area contributed by atoms with E-state index in [2.05, 4.69) is 43.8 Å². The van der Waals surface area contributed by atoms with Crippen LogP contribution >= 0.6 is 38.5 Å². The molecule has 0 spiro atoms. The van der Waals surface area contributed by atoms with Crippen LogP contribution in [0.15, 0.2) is 76.8 Å². The van der Waals surface area contributed by atoms with Gasteiger partial charge in [0, 0.05) is 22.3 Å². The molecule has 0 heterocycles. The first-order valence-corrected chi connectivity index (χ1v) is 11.1. The molecule has 0 bridgehead atoms. The van der Waals surface area contributed by atoms with Crippen molar-refractivity contribution < 1.29 is 14.5 Å². The SMILES string of the molecule is N#C/C(=C\c1ccc(OCc2ccc(Br)cc2)c(I)c1)C(=O)Nc1cccc([N+](=O)[O-])c1. The van der Waals surface area contributed by atoms with E-state index in [4.69, 9.17) is 4.74 Å². The average molecular weight is 604 g/mol. The van der Waals surface area contributed by atoms with Crippen molar-refractivity contribution in [3.05, 3.63) is 102 Å². The molecule has 0 aromatic heterocycles. The molecule has 3 aromatic rings. The topological polar surface area (TPSA) is 105 Å². The van der Waals surface area contributed by atoms with Gasteiger partial charge in [0.05, 0.1) is 8.49 Å². The Bertz CT molecular complexity index is 1240. The zero-order valence-corrected chi connectivity index (χ0v) is 20.2. The van der Waals surface area contributed by atoms with Crippen molar-refractivity contribution in [3.8, 4) is 11.8 Å². The summed E-state index contributed by atoms with van der Waals surface area (Å²) in [6, 6.07) is 20.5. The monoisotopic (exact) mass is 603 g/mol. The van der Waals surface area contributed by atoms with E-state index >= 15 is 0 Å². The van der Waals surface area contributed by atoms with Crippen LogP contribution in [0, 0.1) is 25.0 Å². The summed E-state index contributed by atoms with van der Waals surface area (Å²) in [5.41, 5.74) is 1.62. The summed E-state index contributed by atoms with van der Waals surface area (Å²) in [6.45, 7) is 0.410. The van der Waals surface area contributed by atoms with Gasteiger partial charge >= 0.3 is 0 Å². The summed E-state index contributed by atoms with van der Waals surface area (Å²) in [6.07, 6.45) is 1.45. The summed E-state index contributed by atoms with van der Waals surface area (Å²) in [4.78, 5) is 22.8. The molecule has 0 saturated heterocycles. The van der Waals surface area contributed by atoms with Crippen LogP contribution in [0.1, 0.15) is 11.1 Å². The van der Waals surface area contributed by atoms with Gasteiger partial charge < -0.3 is 10.1 Å². The van der Waals surface area contributed by atoms with E-state index in [0.717, 1.165) is 13.6 Å². The number of nitrogens with one attached hydrogen (secondary N) is 1. The number of nitriles is 1. The lowest BCUT2D eigenvalue weighted by atomic mass is 10.1. The molecule has 0 aliphatic heterocycles. The number of halogens is 2. The molecule has 3 aromatic carbocycles. The fourth-order valence-corrected chi connectivity index (χ4v) is 3.64. The van der Waals surface area contributed by atoms with E-state index in [1.807, 2.05) is 30.3 Å². The second-order valence-corrected chi connectivity index (χ2v) is 8.61. The van der Waals surface area contributed by atoms with Crippen molar-refractivity contribution in [1.29, 1.82) is 5.26 Å². The molecule has 7 nitrogen and oxygen atoms in total. The Morgan fingerprint density at radius 3 is 2.59 bits per heavy atom. The highest BCUT2D eigenvalue weighted by molar-refractivity contribution is 14.1. The predicted molar refractivity (Wildman–Crippen MR) is 133 cm³/mol. The van der Waals surface area contributed by atoms with Gasteiger partial charge in [-0.15, -0.1) is 0 Å². The summed E-state index contributed by atoms with van der Waals surface area (Å²) < 4.78 is 7.68. The van der Waals surface area contributed by atoms with Crippen LogP contribution in [0.25, 0.3) is 6.08 Å². The molecule has 9 heteroatoms. The van der Waals surface area contributed by atoms with E-state index < -0.39 is 10.8 Å². The number of carbonyl (C=O) groups is 1. The zero-order chi connectivity index (χ0) is 23.1. The number of benzene rings is 3. The van der Waals surface area contributed by atoms with Crippen LogP contribution in [-0.2, 0) is 11.4 Å². The van der Waals surface area contributed by atoms with E-state index in [1.165, 1.54) is 30.3 Å². The molecule has 0 radical (unpaired) electrons. The highest BCUT2D eigenvalue weighted by Gasteiger charge is 2.13. The third-order valence-electron chi connectivity index (χ3n) is 4.25. The third kappa shape index (κ3) is 6.38. The number of nitrogens with zero attached hydrogens (tertiary/aromatic N) is 2. The maximum Gasteiger partial charge on any atom is 0.271 e. The van der Waals surface area contributed by atoms with Crippen LogP contribution < -0.4 is 10.1 Å². The van der Waals surface area contributed by atoms with Crippen molar-refractivity contribution in [2.24, 2.45) is 0 Å². The summed E-state index contributed by atoms with van der Waals surface area (Å²) in [5.74, 6) is 0.0313. The van der Waals surface area contributed by atoms with Crippen molar-refractivity contribution in [1.82, 2.24) is 0 Å². The van der Waals surface area contributed by atoms with Gasteiger partial charge in [-0.3, -0.25) is 14.9 Å². The summed E-state index contributed by atoms with van der Waals surface area (Å²) in [5, 5.41) is 22.8. The van der Waals surface area contributed by atoms with Crippen molar-refractivity contribution >= 4 is 61.9 Å². The lowest BCUT2D eigenvalue weighted by Crippen LogP contribution is -2.13. The Kier molecular flexibility index (Phi) is 7.97. The second-order valence-electron chi connectivity index (χ2n) is 6.54. The minimum absolute atomic E-state index is 0.129. The van der Waals surface area contributed by atoms with Crippen molar-refractivity contribution in [3.63, 3.8) is 0 Å². The Hall–Kier alpha value is -3.23. The maximum atomic E-state index is 12.5. The first-order valence-electron chi connectivity index (χ1n) is 9.20. The number of amides is 1. The molecule has 0 aliphatic carbocycles. The Labute approximate surface area is 206 Å².